The summed E-state index contributed by atoms with van der Waals surface area (Å²) in [5, 5.41) is 5.68. The third-order valence-corrected chi connectivity index (χ3v) is 5.30. The van der Waals surface area contributed by atoms with E-state index in [2.05, 4.69) is 15.5 Å². The topological polar surface area (TPSA) is 70.7 Å². The highest BCUT2D eigenvalue weighted by Gasteiger charge is 2.26. The molecule has 0 bridgehead atoms. The molecule has 0 aromatic carbocycles. The van der Waals surface area contributed by atoms with Crippen LogP contribution in [0.1, 0.15) is 72.6 Å². The van der Waals surface area contributed by atoms with E-state index in [0.29, 0.717) is 0 Å². The van der Waals surface area contributed by atoms with Crippen LogP contribution in [0.15, 0.2) is 0 Å². The minimum atomic E-state index is -0.592. The SMILES string of the molecule is C[C@@H](NC(=O)OC(C)(C)C)C(=O)NC1CCN(CC2CCCCC2)CC1. The number of hydrogen-bond acceptors (Lipinski definition) is 4. The van der Waals surface area contributed by atoms with Crippen molar-refractivity contribution >= 4 is 12.0 Å². The van der Waals surface area contributed by atoms with Gasteiger partial charge in [0, 0.05) is 25.7 Å². The van der Waals surface area contributed by atoms with E-state index >= 15 is 0 Å². The fourth-order valence-electron chi connectivity index (χ4n) is 3.87. The second-order valence-corrected chi connectivity index (χ2v) is 8.96. The summed E-state index contributed by atoms with van der Waals surface area (Å²) in [7, 11) is 0. The van der Waals surface area contributed by atoms with Crippen LogP contribution in [0.25, 0.3) is 0 Å². The van der Waals surface area contributed by atoms with Gasteiger partial charge in [0.05, 0.1) is 0 Å². The largest absolute Gasteiger partial charge is 0.444 e. The highest BCUT2D eigenvalue weighted by Crippen LogP contribution is 2.25. The number of piperidine rings is 1. The third kappa shape index (κ3) is 7.52. The average molecular weight is 368 g/mol. The summed E-state index contributed by atoms with van der Waals surface area (Å²) in [5.41, 5.74) is -0.564. The Hall–Kier alpha value is -1.30. The molecule has 0 aromatic rings. The molecule has 2 fully saturated rings. The molecular formula is C20H37N3O3. The molecule has 2 rings (SSSR count). The van der Waals surface area contributed by atoms with Crippen molar-refractivity contribution in [1.29, 1.82) is 0 Å². The Labute approximate surface area is 158 Å². The van der Waals surface area contributed by atoms with Crippen molar-refractivity contribution in [1.82, 2.24) is 15.5 Å². The average Bonchev–Trinajstić information content (AvgIpc) is 2.55. The van der Waals surface area contributed by atoms with E-state index in [1.165, 1.54) is 38.6 Å². The molecule has 0 radical (unpaired) electrons. The molecule has 6 heteroatoms. The van der Waals surface area contributed by atoms with E-state index in [1.54, 1.807) is 27.7 Å². The lowest BCUT2D eigenvalue weighted by atomic mass is 9.88. The number of alkyl carbamates (subject to hydrolysis) is 1. The first-order valence-electron chi connectivity index (χ1n) is 10.2. The Morgan fingerprint density at radius 3 is 2.27 bits per heavy atom. The van der Waals surface area contributed by atoms with Crippen LogP contribution in [0.3, 0.4) is 0 Å². The Bertz CT molecular complexity index is 461. The molecule has 150 valence electrons. The molecule has 1 aliphatic carbocycles. The van der Waals surface area contributed by atoms with Crippen molar-refractivity contribution in [2.45, 2.75) is 90.3 Å². The number of amides is 2. The first-order chi connectivity index (χ1) is 12.2. The maximum absolute atomic E-state index is 12.3. The van der Waals surface area contributed by atoms with Crippen LogP contribution >= 0.6 is 0 Å². The van der Waals surface area contributed by atoms with E-state index in [9.17, 15) is 9.59 Å². The molecule has 2 N–H and O–H groups in total. The van der Waals surface area contributed by atoms with Gasteiger partial charge in [0.15, 0.2) is 0 Å². The third-order valence-electron chi connectivity index (χ3n) is 5.30. The van der Waals surface area contributed by atoms with E-state index in [-0.39, 0.29) is 11.9 Å². The number of likely N-dealkylation sites (tertiary alicyclic amines) is 1. The van der Waals surface area contributed by atoms with Gasteiger partial charge in [0.1, 0.15) is 11.6 Å². The second-order valence-electron chi connectivity index (χ2n) is 8.96. The zero-order valence-electron chi connectivity index (χ0n) is 17.0. The van der Waals surface area contributed by atoms with E-state index < -0.39 is 17.7 Å². The fourth-order valence-corrected chi connectivity index (χ4v) is 3.87. The first-order valence-corrected chi connectivity index (χ1v) is 10.2. The molecule has 26 heavy (non-hydrogen) atoms. The van der Waals surface area contributed by atoms with Crippen molar-refractivity contribution in [2.75, 3.05) is 19.6 Å². The normalized spacial score (nSPS) is 21.8. The summed E-state index contributed by atoms with van der Waals surface area (Å²) in [6.45, 7) is 10.4. The highest BCUT2D eigenvalue weighted by atomic mass is 16.6. The molecular weight excluding hydrogens is 330 g/mol. The molecule has 6 nitrogen and oxygen atoms in total. The van der Waals surface area contributed by atoms with E-state index in [0.717, 1.165) is 31.8 Å². The van der Waals surface area contributed by atoms with E-state index in [1.807, 2.05) is 0 Å². The number of carbonyl (C=O) groups is 2. The summed E-state index contributed by atoms with van der Waals surface area (Å²) in [6.07, 6.45) is 8.35. The molecule has 0 spiro atoms. The standard InChI is InChI=1S/C20H37N3O3/c1-15(21-19(25)26-20(2,3)4)18(24)22-17-10-12-23(13-11-17)14-16-8-6-5-7-9-16/h15-17H,5-14H2,1-4H3,(H,21,25)(H,22,24)/t15-/m1/s1. The molecule has 2 aliphatic rings. The van der Waals surface area contributed by atoms with Crippen LogP contribution in [0.4, 0.5) is 4.79 Å². The van der Waals surface area contributed by atoms with Gasteiger partial charge >= 0.3 is 6.09 Å². The number of rotatable bonds is 5. The summed E-state index contributed by atoms with van der Waals surface area (Å²) in [6, 6.07) is -0.391. The summed E-state index contributed by atoms with van der Waals surface area (Å²) in [5.74, 6) is 0.731. The van der Waals surface area contributed by atoms with Crippen molar-refractivity contribution in [3.05, 3.63) is 0 Å². The predicted octanol–water partition coefficient (Wildman–Crippen LogP) is 3.06. The number of hydrogen-bond donors (Lipinski definition) is 2. The molecule has 2 amide bonds. The van der Waals surface area contributed by atoms with Gasteiger partial charge in [-0.1, -0.05) is 19.3 Å². The number of ether oxygens (including phenoxy) is 1. The maximum Gasteiger partial charge on any atom is 0.408 e. The quantitative estimate of drug-likeness (QED) is 0.783. The summed E-state index contributed by atoms with van der Waals surface area (Å²) in [4.78, 5) is 26.7. The van der Waals surface area contributed by atoms with Crippen molar-refractivity contribution in [2.24, 2.45) is 5.92 Å². The lowest BCUT2D eigenvalue weighted by Gasteiger charge is -2.35. The van der Waals surface area contributed by atoms with Gasteiger partial charge in [-0.15, -0.1) is 0 Å². The monoisotopic (exact) mass is 367 g/mol. The van der Waals surface area contributed by atoms with Crippen molar-refractivity contribution in [3.8, 4) is 0 Å². The maximum atomic E-state index is 12.3. The highest BCUT2D eigenvalue weighted by molar-refractivity contribution is 5.85. The van der Waals surface area contributed by atoms with Gasteiger partial charge in [0.2, 0.25) is 5.91 Å². The Kier molecular flexibility index (Phi) is 7.74. The van der Waals surface area contributed by atoms with Crippen LogP contribution in [0.5, 0.6) is 0 Å². The van der Waals surface area contributed by atoms with Gasteiger partial charge in [-0.25, -0.2) is 4.79 Å². The van der Waals surface area contributed by atoms with E-state index in [4.69, 9.17) is 4.74 Å². The summed E-state index contributed by atoms with van der Waals surface area (Å²) < 4.78 is 5.20. The van der Waals surface area contributed by atoms with Crippen molar-refractivity contribution < 1.29 is 14.3 Å². The van der Waals surface area contributed by atoms with Gasteiger partial charge in [-0.3, -0.25) is 4.79 Å². The van der Waals surface area contributed by atoms with Crippen LogP contribution in [0, 0.1) is 5.92 Å². The number of nitrogens with one attached hydrogen (secondary N) is 2. The lowest BCUT2D eigenvalue weighted by molar-refractivity contribution is -0.123. The smallest absolute Gasteiger partial charge is 0.408 e. The molecule has 0 unspecified atom stereocenters. The number of carbonyl (C=O) groups excluding carboxylic acids is 2. The molecule has 1 aliphatic heterocycles. The van der Waals surface area contributed by atoms with Gasteiger partial charge in [-0.2, -0.15) is 0 Å². The molecule has 1 saturated carbocycles. The Balaban J connectivity index is 1.66. The predicted molar refractivity (Wildman–Crippen MR) is 103 cm³/mol. The molecule has 1 saturated heterocycles. The molecule has 1 atom stereocenters. The Morgan fingerprint density at radius 2 is 1.69 bits per heavy atom. The van der Waals surface area contributed by atoms with Gasteiger partial charge < -0.3 is 20.3 Å². The van der Waals surface area contributed by atoms with Crippen LogP contribution < -0.4 is 10.6 Å². The molecule has 0 aromatic heterocycles. The number of nitrogens with zero attached hydrogens (tertiary/aromatic N) is 1. The van der Waals surface area contributed by atoms with Crippen LogP contribution in [-0.2, 0) is 9.53 Å². The second kappa shape index (κ2) is 9.58. The Morgan fingerprint density at radius 1 is 1.08 bits per heavy atom. The minimum Gasteiger partial charge on any atom is -0.444 e. The summed E-state index contributed by atoms with van der Waals surface area (Å²) >= 11 is 0. The zero-order valence-corrected chi connectivity index (χ0v) is 17.0. The first kappa shape index (κ1) is 21.0. The molecule has 1 heterocycles. The van der Waals surface area contributed by atoms with Crippen molar-refractivity contribution in [3.63, 3.8) is 0 Å². The zero-order chi connectivity index (χ0) is 19.2. The minimum absolute atomic E-state index is 0.137. The lowest BCUT2D eigenvalue weighted by Crippen LogP contribution is -2.52. The van der Waals surface area contributed by atoms with Crippen LogP contribution in [-0.4, -0.2) is 54.2 Å². The van der Waals surface area contributed by atoms with Gasteiger partial charge in [0.25, 0.3) is 0 Å². The van der Waals surface area contributed by atoms with Crippen LogP contribution in [0.2, 0.25) is 0 Å². The van der Waals surface area contributed by atoms with Gasteiger partial charge in [-0.05, 0) is 59.3 Å². The fraction of sp³-hybridized carbons (Fsp3) is 0.900.